The predicted octanol–water partition coefficient (Wildman–Crippen LogP) is 3.51. The summed E-state index contributed by atoms with van der Waals surface area (Å²) >= 11 is 0. The Hall–Kier alpha value is -2.62. The van der Waals surface area contributed by atoms with Gasteiger partial charge >= 0.3 is 0 Å². The lowest BCUT2D eigenvalue weighted by molar-refractivity contribution is 0.319. The molecule has 1 aromatic carbocycles. The molecule has 0 atom stereocenters. The lowest BCUT2D eigenvalue weighted by atomic mass is 10.0. The van der Waals surface area contributed by atoms with Crippen LogP contribution in [0.5, 0.6) is 0 Å². The van der Waals surface area contributed by atoms with E-state index in [4.69, 9.17) is 5.21 Å². The maximum absolute atomic E-state index is 9.03. The van der Waals surface area contributed by atoms with Gasteiger partial charge < -0.3 is 5.21 Å². The molecule has 0 aliphatic rings. The van der Waals surface area contributed by atoms with E-state index in [1.807, 2.05) is 41.9 Å². The number of benzene rings is 1. The molecule has 4 heteroatoms. The zero-order valence-electron chi connectivity index (χ0n) is 11.4. The number of oxime groups is 1. The highest BCUT2D eigenvalue weighted by molar-refractivity contribution is 6.05. The number of hydrogen-bond acceptors (Lipinski definition) is 3. The molecule has 0 saturated heterocycles. The largest absolute Gasteiger partial charge is 0.411 e. The van der Waals surface area contributed by atoms with Crippen LogP contribution in [0.25, 0.3) is 16.6 Å². The Morgan fingerprint density at radius 3 is 2.60 bits per heavy atom. The van der Waals surface area contributed by atoms with Crippen LogP contribution in [0, 0.1) is 6.92 Å². The predicted molar refractivity (Wildman–Crippen MR) is 79.4 cm³/mol. The molecule has 2 heterocycles. The highest BCUT2D eigenvalue weighted by atomic mass is 16.4. The van der Waals surface area contributed by atoms with Gasteiger partial charge in [0.15, 0.2) is 0 Å². The van der Waals surface area contributed by atoms with Crippen LogP contribution < -0.4 is 0 Å². The van der Waals surface area contributed by atoms with Gasteiger partial charge in [0.05, 0.1) is 16.9 Å². The van der Waals surface area contributed by atoms with E-state index in [1.54, 1.807) is 6.92 Å². The van der Waals surface area contributed by atoms with E-state index in [0.717, 1.165) is 27.9 Å². The first kappa shape index (κ1) is 12.4. The fourth-order valence-electron chi connectivity index (χ4n) is 2.47. The van der Waals surface area contributed by atoms with Gasteiger partial charge in [-0.05, 0) is 37.1 Å². The number of fused-ring (bicyclic) bond motifs is 1. The third-order valence-corrected chi connectivity index (χ3v) is 3.43. The molecule has 0 amide bonds. The second kappa shape index (κ2) is 4.81. The van der Waals surface area contributed by atoms with E-state index in [9.17, 15) is 0 Å². The summed E-state index contributed by atoms with van der Waals surface area (Å²) in [5.41, 5.74) is 5.51. The fourth-order valence-corrected chi connectivity index (χ4v) is 2.47. The Morgan fingerprint density at radius 1 is 1.15 bits per heavy atom. The maximum atomic E-state index is 9.03. The van der Waals surface area contributed by atoms with Crippen molar-refractivity contribution in [1.82, 2.24) is 9.61 Å². The number of hydrogen-bond donors (Lipinski definition) is 1. The summed E-state index contributed by atoms with van der Waals surface area (Å²) in [6.07, 6.45) is 1.93. The molecule has 0 spiro atoms. The SMILES string of the molecule is C/C(=N/O)c1c(C)nn2ccc(-c3ccccc3)cc12. The summed E-state index contributed by atoms with van der Waals surface area (Å²) in [4.78, 5) is 0. The van der Waals surface area contributed by atoms with Gasteiger partial charge in [0, 0.05) is 11.8 Å². The van der Waals surface area contributed by atoms with Crippen LogP contribution in [0.15, 0.2) is 53.8 Å². The van der Waals surface area contributed by atoms with E-state index < -0.39 is 0 Å². The molecule has 0 bridgehead atoms. The van der Waals surface area contributed by atoms with Crippen LogP contribution in [-0.4, -0.2) is 20.5 Å². The van der Waals surface area contributed by atoms with E-state index in [-0.39, 0.29) is 0 Å². The highest BCUT2D eigenvalue weighted by Gasteiger charge is 2.13. The molecule has 100 valence electrons. The van der Waals surface area contributed by atoms with Gasteiger partial charge in [0.2, 0.25) is 0 Å². The smallest absolute Gasteiger partial charge is 0.0877 e. The molecule has 0 saturated carbocycles. The number of aryl methyl sites for hydroxylation is 1. The van der Waals surface area contributed by atoms with Crippen molar-refractivity contribution < 1.29 is 5.21 Å². The standard InChI is InChI=1S/C16H15N3O/c1-11-16(12(2)18-20)15-10-14(8-9-19(15)17-11)13-6-4-3-5-7-13/h3-10,20H,1-2H3/b18-12-. The van der Waals surface area contributed by atoms with Crippen molar-refractivity contribution in [2.45, 2.75) is 13.8 Å². The van der Waals surface area contributed by atoms with Gasteiger partial charge in [-0.25, -0.2) is 4.52 Å². The molecule has 4 nitrogen and oxygen atoms in total. The molecule has 20 heavy (non-hydrogen) atoms. The van der Waals surface area contributed by atoms with Crippen LogP contribution in [0.4, 0.5) is 0 Å². The first-order valence-corrected chi connectivity index (χ1v) is 6.44. The molecule has 0 aliphatic heterocycles. The highest BCUT2D eigenvalue weighted by Crippen LogP contribution is 2.24. The van der Waals surface area contributed by atoms with Crippen LogP contribution in [0.1, 0.15) is 18.2 Å². The van der Waals surface area contributed by atoms with Crippen molar-refractivity contribution in [3.05, 3.63) is 59.9 Å². The summed E-state index contributed by atoms with van der Waals surface area (Å²) in [7, 11) is 0. The lowest BCUT2D eigenvalue weighted by Crippen LogP contribution is -1.96. The van der Waals surface area contributed by atoms with E-state index in [0.29, 0.717) is 5.71 Å². The molecule has 3 aromatic rings. The quantitative estimate of drug-likeness (QED) is 0.438. The van der Waals surface area contributed by atoms with Crippen LogP contribution in [0.2, 0.25) is 0 Å². The Bertz CT molecular complexity index is 788. The summed E-state index contributed by atoms with van der Waals surface area (Å²) < 4.78 is 1.81. The molecule has 0 radical (unpaired) electrons. The number of rotatable bonds is 2. The van der Waals surface area contributed by atoms with Gasteiger partial charge in [0.1, 0.15) is 0 Å². The average Bonchev–Trinajstić information content (AvgIpc) is 2.82. The van der Waals surface area contributed by atoms with Crippen molar-refractivity contribution >= 4 is 11.2 Å². The zero-order valence-corrected chi connectivity index (χ0v) is 11.4. The molecule has 0 fully saturated rings. The van der Waals surface area contributed by atoms with Crippen LogP contribution in [-0.2, 0) is 0 Å². The summed E-state index contributed by atoms with van der Waals surface area (Å²) in [5.74, 6) is 0. The topological polar surface area (TPSA) is 49.9 Å². The number of nitrogens with zero attached hydrogens (tertiary/aromatic N) is 3. The van der Waals surface area contributed by atoms with Crippen molar-refractivity contribution in [3.63, 3.8) is 0 Å². The van der Waals surface area contributed by atoms with Gasteiger partial charge in [-0.2, -0.15) is 5.10 Å². The minimum Gasteiger partial charge on any atom is -0.411 e. The maximum Gasteiger partial charge on any atom is 0.0877 e. The summed E-state index contributed by atoms with van der Waals surface area (Å²) in [6, 6.07) is 14.3. The number of aromatic nitrogens is 2. The van der Waals surface area contributed by atoms with Crippen molar-refractivity contribution in [2.75, 3.05) is 0 Å². The third kappa shape index (κ3) is 1.95. The minimum atomic E-state index is 0.572. The third-order valence-electron chi connectivity index (χ3n) is 3.43. The first-order chi connectivity index (χ1) is 9.70. The minimum absolute atomic E-state index is 0.572. The average molecular weight is 265 g/mol. The number of pyridine rings is 1. The van der Waals surface area contributed by atoms with Crippen molar-refractivity contribution in [2.24, 2.45) is 5.16 Å². The molecule has 3 rings (SSSR count). The zero-order chi connectivity index (χ0) is 14.1. The Balaban J connectivity index is 2.25. The van der Waals surface area contributed by atoms with Gasteiger partial charge in [-0.1, -0.05) is 35.5 Å². The molecule has 1 N–H and O–H groups in total. The summed E-state index contributed by atoms with van der Waals surface area (Å²) in [5, 5.41) is 16.8. The molecular formula is C16H15N3O. The molecule has 0 unspecified atom stereocenters. The molecule has 0 aliphatic carbocycles. The molecular weight excluding hydrogens is 250 g/mol. The second-order valence-electron chi connectivity index (χ2n) is 4.76. The van der Waals surface area contributed by atoms with E-state index in [1.165, 1.54) is 0 Å². The Morgan fingerprint density at radius 2 is 1.90 bits per heavy atom. The van der Waals surface area contributed by atoms with Crippen LogP contribution >= 0.6 is 0 Å². The lowest BCUT2D eigenvalue weighted by Gasteiger charge is -2.03. The Labute approximate surface area is 117 Å². The van der Waals surface area contributed by atoms with E-state index in [2.05, 4.69) is 28.5 Å². The Kier molecular flexibility index (Phi) is 2.99. The van der Waals surface area contributed by atoms with Gasteiger partial charge in [0.25, 0.3) is 0 Å². The normalized spacial score (nSPS) is 12.0. The van der Waals surface area contributed by atoms with Crippen molar-refractivity contribution in [1.29, 1.82) is 0 Å². The summed E-state index contributed by atoms with van der Waals surface area (Å²) in [6.45, 7) is 3.69. The fraction of sp³-hybridized carbons (Fsp3) is 0.125. The molecule has 2 aromatic heterocycles. The van der Waals surface area contributed by atoms with Gasteiger partial charge in [-0.3, -0.25) is 0 Å². The van der Waals surface area contributed by atoms with Crippen LogP contribution in [0.3, 0.4) is 0 Å². The van der Waals surface area contributed by atoms with Crippen molar-refractivity contribution in [3.8, 4) is 11.1 Å². The first-order valence-electron chi connectivity index (χ1n) is 6.44. The van der Waals surface area contributed by atoms with Gasteiger partial charge in [-0.15, -0.1) is 0 Å². The monoisotopic (exact) mass is 265 g/mol. The van der Waals surface area contributed by atoms with E-state index >= 15 is 0 Å². The second-order valence-corrected chi connectivity index (χ2v) is 4.76.